The summed E-state index contributed by atoms with van der Waals surface area (Å²) in [4.78, 5) is 38.8. The van der Waals surface area contributed by atoms with Crippen LogP contribution < -0.4 is 16.4 Å². The van der Waals surface area contributed by atoms with Crippen LogP contribution in [-0.2, 0) is 24.3 Å². The first-order valence-electron chi connectivity index (χ1n) is 8.14. The van der Waals surface area contributed by atoms with Gasteiger partial charge in [0.05, 0.1) is 23.9 Å². The van der Waals surface area contributed by atoms with Crippen LogP contribution in [0.25, 0.3) is 10.8 Å². The minimum Gasteiger partial charge on any atom is -0.351 e. The Labute approximate surface area is 148 Å². The summed E-state index contributed by atoms with van der Waals surface area (Å²) in [6.45, 7) is 2.71. The van der Waals surface area contributed by atoms with Crippen LogP contribution in [0.15, 0.2) is 46.0 Å². The van der Waals surface area contributed by atoms with E-state index in [2.05, 4.69) is 23.4 Å². The zero-order valence-electron chi connectivity index (χ0n) is 13.9. The van der Waals surface area contributed by atoms with Crippen molar-refractivity contribution in [3.63, 3.8) is 0 Å². The lowest BCUT2D eigenvalue weighted by Gasteiger charge is -2.07. The number of hydrogen-bond donors (Lipinski definition) is 2. The van der Waals surface area contributed by atoms with Crippen molar-refractivity contribution >= 4 is 28.0 Å². The molecule has 2 heterocycles. The van der Waals surface area contributed by atoms with Crippen molar-refractivity contribution in [2.75, 3.05) is 0 Å². The van der Waals surface area contributed by atoms with Crippen molar-refractivity contribution in [3.8, 4) is 0 Å². The fraction of sp³-hybridized carbons (Fsp3) is 0.278. The van der Waals surface area contributed by atoms with Gasteiger partial charge in [-0.05, 0) is 30.7 Å². The maximum absolute atomic E-state index is 12.4. The van der Waals surface area contributed by atoms with Crippen molar-refractivity contribution in [2.45, 2.75) is 32.9 Å². The Kier molecular flexibility index (Phi) is 5.14. The standard InChI is InChI=1S/C18H19N3O3S/c1-2-12-7-8-13(25-12)11-19-16(22)9-10-21-18(24)15-6-4-3-5-14(15)17(23)20-21/h3-8H,2,9-11H2,1H3,(H,19,22)(H,20,23). The Bertz CT molecular complexity index is 1020. The van der Waals surface area contributed by atoms with Gasteiger partial charge in [-0.2, -0.15) is 0 Å². The number of nitrogens with zero attached hydrogens (tertiary/aromatic N) is 1. The maximum Gasteiger partial charge on any atom is 0.273 e. The summed E-state index contributed by atoms with van der Waals surface area (Å²) in [6.07, 6.45) is 1.11. The lowest BCUT2D eigenvalue weighted by molar-refractivity contribution is -0.121. The summed E-state index contributed by atoms with van der Waals surface area (Å²) in [7, 11) is 0. The predicted molar refractivity (Wildman–Crippen MR) is 99.0 cm³/mol. The molecule has 0 bridgehead atoms. The summed E-state index contributed by atoms with van der Waals surface area (Å²) in [5.74, 6) is -0.160. The highest BCUT2D eigenvalue weighted by Crippen LogP contribution is 2.16. The normalized spacial score (nSPS) is 10.9. The van der Waals surface area contributed by atoms with Crippen molar-refractivity contribution < 1.29 is 4.79 Å². The number of amides is 1. The van der Waals surface area contributed by atoms with Gasteiger partial charge in [0, 0.05) is 16.2 Å². The van der Waals surface area contributed by atoms with E-state index < -0.39 is 0 Å². The van der Waals surface area contributed by atoms with Gasteiger partial charge < -0.3 is 5.32 Å². The minimum absolute atomic E-state index is 0.125. The summed E-state index contributed by atoms with van der Waals surface area (Å²) in [6, 6.07) is 10.7. The first-order chi connectivity index (χ1) is 12.1. The van der Waals surface area contributed by atoms with Gasteiger partial charge >= 0.3 is 0 Å². The monoisotopic (exact) mass is 357 g/mol. The SMILES string of the molecule is CCc1ccc(CNC(=O)CCn2[nH]c(=O)c3ccccc3c2=O)s1. The third-order valence-corrected chi connectivity index (χ3v) is 5.20. The van der Waals surface area contributed by atoms with Crippen molar-refractivity contribution in [3.05, 3.63) is 66.9 Å². The number of aromatic nitrogens is 2. The minimum atomic E-state index is -0.332. The number of thiophene rings is 1. The molecule has 6 nitrogen and oxygen atoms in total. The highest BCUT2D eigenvalue weighted by Gasteiger charge is 2.09. The zero-order valence-corrected chi connectivity index (χ0v) is 14.7. The van der Waals surface area contributed by atoms with Crippen LogP contribution in [0, 0.1) is 0 Å². The molecule has 2 aromatic heterocycles. The van der Waals surface area contributed by atoms with Crippen LogP contribution >= 0.6 is 11.3 Å². The smallest absolute Gasteiger partial charge is 0.273 e. The van der Waals surface area contributed by atoms with Crippen LogP contribution in [0.2, 0.25) is 0 Å². The Morgan fingerprint density at radius 1 is 1.12 bits per heavy atom. The average molecular weight is 357 g/mol. The van der Waals surface area contributed by atoms with Crippen LogP contribution in [0.3, 0.4) is 0 Å². The van der Waals surface area contributed by atoms with E-state index in [0.29, 0.717) is 17.3 Å². The maximum atomic E-state index is 12.4. The topological polar surface area (TPSA) is 84.0 Å². The van der Waals surface area contributed by atoms with Crippen LogP contribution in [0.1, 0.15) is 23.1 Å². The van der Waals surface area contributed by atoms with Gasteiger partial charge in [-0.3, -0.25) is 19.5 Å². The van der Waals surface area contributed by atoms with Crippen LogP contribution in [0.4, 0.5) is 0 Å². The number of benzene rings is 1. The molecule has 0 aliphatic rings. The molecule has 0 atom stereocenters. The van der Waals surface area contributed by atoms with E-state index in [1.807, 2.05) is 6.07 Å². The fourth-order valence-electron chi connectivity index (χ4n) is 2.60. The molecule has 0 spiro atoms. The second kappa shape index (κ2) is 7.48. The number of aromatic amines is 1. The van der Waals surface area contributed by atoms with Gasteiger partial charge in [0.25, 0.3) is 11.1 Å². The lowest BCUT2D eigenvalue weighted by Crippen LogP contribution is -2.32. The molecule has 0 radical (unpaired) electrons. The molecular formula is C18H19N3O3S. The number of carbonyl (C=O) groups is 1. The van der Waals surface area contributed by atoms with E-state index in [9.17, 15) is 14.4 Å². The molecule has 2 N–H and O–H groups in total. The summed E-state index contributed by atoms with van der Waals surface area (Å²) in [5, 5.41) is 6.09. The second-order valence-corrected chi connectivity index (χ2v) is 6.94. The molecule has 3 aromatic rings. The molecule has 1 aromatic carbocycles. The van der Waals surface area contributed by atoms with Crippen LogP contribution in [-0.4, -0.2) is 15.7 Å². The molecule has 0 saturated heterocycles. The number of carbonyl (C=O) groups excluding carboxylic acids is 1. The summed E-state index contributed by atoms with van der Waals surface area (Å²) in [5.41, 5.74) is -0.630. The predicted octanol–water partition coefficient (Wildman–Crippen LogP) is 2.02. The highest BCUT2D eigenvalue weighted by molar-refractivity contribution is 7.11. The van der Waals surface area contributed by atoms with Crippen molar-refractivity contribution in [1.29, 1.82) is 0 Å². The fourth-order valence-corrected chi connectivity index (χ4v) is 3.50. The molecule has 0 aliphatic heterocycles. The van der Waals surface area contributed by atoms with Gasteiger partial charge in [-0.15, -0.1) is 11.3 Å². The molecule has 3 rings (SSSR count). The molecule has 7 heteroatoms. The number of rotatable bonds is 6. The number of hydrogen-bond acceptors (Lipinski definition) is 4. The molecular weight excluding hydrogens is 338 g/mol. The first kappa shape index (κ1) is 17.2. The van der Waals surface area contributed by atoms with Crippen LogP contribution in [0.5, 0.6) is 0 Å². The van der Waals surface area contributed by atoms with Crippen molar-refractivity contribution in [1.82, 2.24) is 15.1 Å². The van der Waals surface area contributed by atoms with Gasteiger partial charge in [-0.25, -0.2) is 4.68 Å². The van der Waals surface area contributed by atoms with E-state index in [4.69, 9.17) is 0 Å². The average Bonchev–Trinajstić information content (AvgIpc) is 3.10. The van der Waals surface area contributed by atoms with Gasteiger partial charge in [0.2, 0.25) is 5.91 Å². The molecule has 0 unspecified atom stereocenters. The van der Waals surface area contributed by atoms with Gasteiger partial charge in [0.15, 0.2) is 0 Å². The second-order valence-electron chi connectivity index (χ2n) is 5.69. The highest BCUT2D eigenvalue weighted by atomic mass is 32.1. The van der Waals surface area contributed by atoms with E-state index >= 15 is 0 Å². The van der Waals surface area contributed by atoms with E-state index in [-0.39, 0.29) is 30.0 Å². The molecule has 130 valence electrons. The molecule has 25 heavy (non-hydrogen) atoms. The first-order valence-corrected chi connectivity index (χ1v) is 8.96. The quantitative estimate of drug-likeness (QED) is 0.708. The Balaban J connectivity index is 1.64. The number of aryl methyl sites for hydroxylation is 2. The summed E-state index contributed by atoms with van der Waals surface area (Å²) >= 11 is 1.68. The van der Waals surface area contributed by atoms with E-state index in [0.717, 1.165) is 11.3 Å². The Hall–Kier alpha value is -2.67. The number of H-pyrrole nitrogens is 1. The zero-order chi connectivity index (χ0) is 17.8. The Morgan fingerprint density at radius 2 is 1.84 bits per heavy atom. The van der Waals surface area contributed by atoms with E-state index in [1.54, 1.807) is 35.6 Å². The number of nitrogens with one attached hydrogen (secondary N) is 2. The summed E-state index contributed by atoms with van der Waals surface area (Å²) < 4.78 is 1.20. The molecule has 0 aliphatic carbocycles. The van der Waals surface area contributed by atoms with E-state index in [1.165, 1.54) is 9.56 Å². The lowest BCUT2D eigenvalue weighted by atomic mass is 10.2. The molecule has 1 amide bonds. The van der Waals surface area contributed by atoms with Crippen molar-refractivity contribution in [2.24, 2.45) is 0 Å². The third-order valence-electron chi connectivity index (χ3n) is 3.97. The Morgan fingerprint density at radius 3 is 2.56 bits per heavy atom. The van der Waals surface area contributed by atoms with Gasteiger partial charge in [-0.1, -0.05) is 19.1 Å². The molecule has 0 fully saturated rings. The third kappa shape index (κ3) is 3.88. The largest absolute Gasteiger partial charge is 0.351 e. The van der Waals surface area contributed by atoms with Gasteiger partial charge in [0.1, 0.15) is 0 Å². The number of fused-ring (bicyclic) bond motifs is 1. The molecule has 0 saturated carbocycles.